The summed E-state index contributed by atoms with van der Waals surface area (Å²) in [4.78, 5) is 39.9. The molecule has 75 heavy (non-hydrogen) atoms. The van der Waals surface area contributed by atoms with Gasteiger partial charge in [0, 0.05) is 61.7 Å². The summed E-state index contributed by atoms with van der Waals surface area (Å²) in [6, 6.07) is 16.4. The van der Waals surface area contributed by atoms with Crippen LogP contribution in [0, 0.1) is 11.6 Å². The minimum absolute atomic E-state index is 0.0558. The van der Waals surface area contributed by atoms with Crippen molar-refractivity contribution in [3.8, 4) is 11.8 Å². The lowest BCUT2D eigenvalue weighted by Crippen LogP contribution is -2.64. The van der Waals surface area contributed by atoms with Crippen molar-refractivity contribution in [3.63, 3.8) is 0 Å². The van der Waals surface area contributed by atoms with Crippen molar-refractivity contribution in [2.45, 2.75) is 124 Å². The normalized spacial score (nSPS) is 22.3. The number of hydrogen-bond acceptors (Lipinski definition) is 17. The average Bonchev–Trinajstić information content (AvgIpc) is 3.44. The second kappa shape index (κ2) is 25.4. The van der Waals surface area contributed by atoms with E-state index >= 15 is 0 Å². The number of aryl methyl sites for hydroxylation is 2. The summed E-state index contributed by atoms with van der Waals surface area (Å²) in [6.07, 6.45) is 7.83. The minimum Gasteiger partial charge on any atom is -0.481 e. The number of carbonyl (C=O) groups is 1. The Morgan fingerprint density at radius 3 is 2.12 bits per heavy atom. The number of fused-ring (bicyclic) bond motifs is 3. The minimum atomic E-state index is -1.46. The lowest BCUT2D eigenvalue weighted by molar-refractivity contribution is -0.125. The van der Waals surface area contributed by atoms with E-state index < -0.39 is 61.3 Å². The number of rotatable bonds is 22. The highest BCUT2D eigenvalue weighted by atomic mass is 32.2. The van der Waals surface area contributed by atoms with E-state index in [1.165, 1.54) is 22.7 Å². The van der Waals surface area contributed by atoms with Gasteiger partial charge in [-0.3, -0.25) is 19.7 Å². The largest absolute Gasteiger partial charge is 0.481 e. The number of aliphatic hydroxyl groups is 4. The first-order chi connectivity index (χ1) is 36.5. The van der Waals surface area contributed by atoms with Gasteiger partial charge in [0.05, 0.1) is 102 Å². The summed E-state index contributed by atoms with van der Waals surface area (Å²) in [7, 11) is 3.14. The van der Waals surface area contributed by atoms with Crippen molar-refractivity contribution in [1.29, 1.82) is 0 Å². The average molecular weight is 1050 g/mol. The van der Waals surface area contributed by atoms with Gasteiger partial charge in [0.25, 0.3) is 0 Å². The summed E-state index contributed by atoms with van der Waals surface area (Å²) >= 11 is 1.34. The Balaban J connectivity index is 0.937. The molecule has 2 saturated heterocycles. The Morgan fingerprint density at radius 2 is 1.47 bits per heavy atom. The smallest absolute Gasteiger partial charge is 0.238 e. The molecule has 9 rings (SSSR count). The number of aromatic nitrogens is 5. The van der Waals surface area contributed by atoms with Crippen molar-refractivity contribution in [1.82, 2.24) is 35.6 Å². The molecular weight excluding hydrogens is 987 g/mol. The number of hydrogen-bond donors (Lipinski definition) is 6. The van der Waals surface area contributed by atoms with Crippen LogP contribution < -0.4 is 25.0 Å². The van der Waals surface area contributed by atoms with Gasteiger partial charge in [0.1, 0.15) is 23.6 Å². The second-order valence-electron chi connectivity index (χ2n) is 19.2. The van der Waals surface area contributed by atoms with Crippen LogP contribution in [-0.2, 0) is 33.7 Å². The summed E-state index contributed by atoms with van der Waals surface area (Å²) in [6.45, 7) is -0.609. The third kappa shape index (κ3) is 13.1. The summed E-state index contributed by atoms with van der Waals surface area (Å²) < 4.78 is 53.0. The van der Waals surface area contributed by atoms with Crippen LogP contribution >= 0.6 is 11.8 Å². The molecule has 20 heteroatoms. The molecule has 6 aromatic rings. The SMILES string of the molecule is COc1ccc2nccc(CC[C@@H]3CC[C@@H](NCc4ccc5c(n4)N(C(C(O)CO)[C@@H]4O[C@H](CCc6ccnc7ccc(OC)nc67)CC[C@H]4NC/C=C/c4cc(F)ccc4F)C(=O)CS5)[C@@H](C[C@H](O)CO)O3)c2n1. The zero-order valence-corrected chi connectivity index (χ0v) is 42.7. The standard InChI is InChI=1S/C55H64F2N8O9S/c1-71-48-19-16-42-51(63-48)32(21-24-59-42)5-9-38-11-14-41(46(73-38)27-37(68)29-66)61-28-36-8-18-47-55(62-36)65(50(70)31-75-47)53(45(69)30-67)54-44(58-23-3-4-34-26-35(56)7-13-40(34)57)15-12-39(74-54)10-6-33-22-25-60-43-17-20-49(72-2)64-52(33)43/h3-4,7-8,13,16-22,24-26,37-39,41,44-46,53-54,58,61,66-69H,5-6,9-12,14-15,23,27-31H2,1-2H3/b4-3+/t37-,38+,39+,41+,44+,45?,46+,53?,54+/m0/s1. The number of benzene rings is 1. The fourth-order valence-electron chi connectivity index (χ4n) is 10.4. The van der Waals surface area contributed by atoms with Gasteiger partial charge < -0.3 is 50.0 Å². The van der Waals surface area contributed by atoms with E-state index in [1.807, 2.05) is 36.4 Å². The van der Waals surface area contributed by atoms with Crippen molar-refractivity contribution in [2.75, 3.05) is 44.6 Å². The van der Waals surface area contributed by atoms with E-state index in [9.17, 15) is 34.0 Å². The third-order valence-electron chi connectivity index (χ3n) is 14.3. The highest BCUT2D eigenvalue weighted by molar-refractivity contribution is 8.00. The Labute approximate surface area is 438 Å². The van der Waals surface area contributed by atoms with E-state index in [-0.39, 0.29) is 55.0 Å². The summed E-state index contributed by atoms with van der Waals surface area (Å²) in [5, 5.41) is 50.3. The monoisotopic (exact) mass is 1050 g/mol. The number of methoxy groups -OCH3 is 2. The van der Waals surface area contributed by atoms with Gasteiger partial charge in [-0.05, 0) is 117 Å². The summed E-state index contributed by atoms with van der Waals surface area (Å²) in [5.74, 6) is -0.103. The van der Waals surface area contributed by atoms with E-state index in [2.05, 4.69) is 30.6 Å². The number of anilines is 1. The van der Waals surface area contributed by atoms with Crippen LogP contribution in [-0.4, -0.2) is 146 Å². The molecule has 398 valence electrons. The number of thioether (sulfide) groups is 1. The van der Waals surface area contributed by atoms with Crippen LogP contribution in [0.25, 0.3) is 28.1 Å². The molecule has 8 heterocycles. The fraction of sp³-hybridized carbons (Fsp3) is 0.455. The van der Waals surface area contributed by atoms with Gasteiger partial charge in [-0.2, -0.15) is 0 Å². The van der Waals surface area contributed by atoms with Crippen molar-refractivity contribution in [3.05, 3.63) is 119 Å². The molecule has 0 spiro atoms. The van der Waals surface area contributed by atoms with Crippen LogP contribution in [0.3, 0.4) is 0 Å². The number of ether oxygens (including phenoxy) is 4. The molecule has 0 radical (unpaired) electrons. The van der Waals surface area contributed by atoms with Gasteiger partial charge in [-0.1, -0.05) is 12.2 Å². The predicted octanol–water partition coefficient (Wildman–Crippen LogP) is 5.66. The molecule has 6 N–H and O–H groups in total. The summed E-state index contributed by atoms with van der Waals surface area (Å²) in [5.41, 5.74) is 5.65. The van der Waals surface area contributed by atoms with Crippen LogP contribution in [0.2, 0.25) is 0 Å². The van der Waals surface area contributed by atoms with E-state index in [4.69, 9.17) is 23.9 Å². The van der Waals surface area contributed by atoms with Gasteiger partial charge in [0.2, 0.25) is 17.7 Å². The maximum absolute atomic E-state index is 14.6. The first kappa shape index (κ1) is 54.0. The molecule has 9 atom stereocenters. The van der Waals surface area contributed by atoms with E-state index in [0.717, 1.165) is 58.7 Å². The maximum Gasteiger partial charge on any atom is 0.238 e. The van der Waals surface area contributed by atoms with Gasteiger partial charge in [-0.25, -0.2) is 23.7 Å². The van der Waals surface area contributed by atoms with E-state index in [1.54, 1.807) is 44.8 Å². The maximum atomic E-state index is 14.6. The molecule has 0 saturated carbocycles. The number of pyridine rings is 5. The number of aliphatic hydroxyl groups excluding tert-OH is 4. The van der Waals surface area contributed by atoms with Crippen LogP contribution in [0.4, 0.5) is 14.6 Å². The molecule has 1 amide bonds. The first-order valence-corrected chi connectivity index (χ1v) is 26.5. The Hall–Kier alpha value is -5.81. The molecular formula is C55H64F2N8O9S. The number of nitrogens with zero attached hydrogens (tertiary/aromatic N) is 6. The fourth-order valence-corrected chi connectivity index (χ4v) is 11.3. The van der Waals surface area contributed by atoms with Crippen molar-refractivity contribution < 1.29 is 52.9 Å². The van der Waals surface area contributed by atoms with Crippen molar-refractivity contribution in [2.24, 2.45) is 0 Å². The lowest BCUT2D eigenvalue weighted by Gasteiger charge is -2.47. The Kier molecular flexibility index (Phi) is 18.3. The zero-order chi connectivity index (χ0) is 52.4. The number of halogens is 2. The molecule has 0 bridgehead atoms. The lowest BCUT2D eigenvalue weighted by atomic mass is 9.88. The van der Waals surface area contributed by atoms with Gasteiger partial charge in [0.15, 0.2) is 0 Å². The predicted molar refractivity (Wildman–Crippen MR) is 279 cm³/mol. The Morgan fingerprint density at radius 1 is 0.800 bits per heavy atom. The molecule has 17 nitrogen and oxygen atoms in total. The Bertz CT molecular complexity index is 2940. The highest BCUT2D eigenvalue weighted by Gasteiger charge is 2.46. The zero-order valence-electron chi connectivity index (χ0n) is 41.9. The van der Waals surface area contributed by atoms with Crippen molar-refractivity contribution >= 4 is 51.6 Å². The molecule has 5 aromatic heterocycles. The van der Waals surface area contributed by atoms with Gasteiger partial charge >= 0.3 is 0 Å². The topological polar surface area (TPSA) is 227 Å². The van der Waals surface area contributed by atoms with Crippen LogP contribution in [0.15, 0.2) is 90.1 Å². The quantitative estimate of drug-likeness (QED) is 0.0483. The third-order valence-corrected chi connectivity index (χ3v) is 15.3. The number of amides is 1. The molecule has 1 aromatic carbocycles. The molecule has 3 aliphatic heterocycles. The van der Waals surface area contributed by atoms with Crippen LogP contribution in [0.5, 0.6) is 11.8 Å². The molecule has 2 fully saturated rings. The molecule has 2 unspecified atom stereocenters. The van der Waals surface area contributed by atoms with Crippen LogP contribution in [0.1, 0.15) is 67.3 Å². The molecule has 0 aliphatic carbocycles. The molecule has 3 aliphatic rings. The van der Waals surface area contributed by atoms with Gasteiger partial charge in [-0.15, -0.1) is 11.8 Å². The van der Waals surface area contributed by atoms with E-state index in [0.29, 0.717) is 72.2 Å². The second-order valence-corrected chi connectivity index (χ2v) is 20.2. The number of nitrogens with one attached hydrogen (secondary N) is 2. The highest BCUT2D eigenvalue weighted by Crippen LogP contribution is 2.39. The first-order valence-electron chi connectivity index (χ1n) is 25.5. The number of carbonyl (C=O) groups excluding carboxylic acids is 1.